The van der Waals surface area contributed by atoms with E-state index in [4.69, 9.17) is 5.11 Å². The summed E-state index contributed by atoms with van der Waals surface area (Å²) >= 11 is 0. The minimum absolute atomic E-state index is 0.0415. The lowest BCUT2D eigenvalue weighted by molar-refractivity contribution is -0.137. The average molecular weight is 306 g/mol. The number of amides is 1. The Morgan fingerprint density at radius 2 is 1.77 bits per heavy atom. The molecule has 0 spiro atoms. The van der Waals surface area contributed by atoms with Gasteiger partial charge in [0.1, 0.15) is 0 Å². The average Bonchev–Trinajstić information content (AvgIpc) is 2.49. The van der Waals surface area contributed by atoms with Crippen LogP contribution in [-0.2, 0) is 11.3 Å². The van der Waals surface area contributed by atoms with E-state index in [1.807, 2.05) is 24.3 Å². The fourth-order valence-electron chi connectivity index (χ4n) is 2.23. The lowest BCUT2D eigenvalue weighted by atomic mass is 10.1. The molecule has 0 aliphatic heterocycles. The van der Waals surface area contributed by atoms with Crippen molar-refractivity contribution in [3.05, 3.63) is 35.4 Å². The Hall–Kier alpha value is -1.88. The Labute approximate surface area is 132 Å². The zero-order chi connectivity index (χ0) is 16.7. The van der Waals surface area contributed by atoms with Crippen LogP contribution < -0.4 is 0 Å². The molecule has 0 aliphatic carbocycles. The molecule has 0 atom stereocenters. The second-order valence-electron chi connectivity index (χ2n) is 5.72. The third kappa shape index (κ3) is 5.48. The van der Waals surface area contributed by atoms with Crippen molar-refractivity contribution in [1.29, 1.82) is 0 Å². The highest BCUT2D eigenvalue weighted by Crippen LogP contribution is 2.11. The van der Waals surface area contributed by atoms with Gasteiger partial charge in [0.05, 0.1) is 6.42 Å². The second-order valence-corrected chi connectivity index (χ2v) is 5.72. The first kappa shape index (κ1) is 18.2. The van der Waals surface area contributed by atoms with E-state index >= 15 is 0 Å². The van der Waals surface area contributed by atoms with Crippen LogP contribution in [0.25, 0.3) is 0 Å². The number of carbonyl (C=O) groups excluding carboxylic acids is 1. The molecule has 1 rings (SSSR count). The van der Waals surface area contributed by atoms with E-state index in [2.05, 4.69) is 25.7 Å². The third-order valence-corrected chi connectivity index (χ3v) is 3.73. The van der Waals surface area contributed by atoms with Crippen molar-refractivity contribution in [2.24, 2.45) is 0 Å². The monoisotopic (exact) mass is 306 g/mol. The zero-order valence-electron chi connectivity index (χ0n) is 13.9. The predicted molar refractivity (Wildman–Crippen MR) is 86.9 cm³/mol. The van der Waals surface area contributed by atoms with Gasteiger partial charge in [-0.05, 0) is 38.1 Å². The molecule has 0 bridgehead atoms. The van der Waals surface area contributed by atoms with Gasteiger partial charge in [0, 0.05) is 31.7 Å². The molecular weight excluding hydrogens is 280 g/mol. The summed E-state index contributed by atoms with van der Waals surface area (Å²) in [5, 5.41) is 8.66. The fraction of sp³-hybridized carbons (Fsp3) is 0.529. The SMILES string of the molecule is CCN(Cc1ccc(C(=O)N(C)CCC(=O)O)cc1)C(C)C. The summed E-state index contributed by atoms with van der Waals surface area (Å²) in [4.78, 5) is 26.5. The van der Waals surface area contributed by atoms with Crippen molar-refractivity contribution in [3.63, 3.8) is 0 Å². The van der Waals surface area contributed by atoms with Gasteiger partial charge in [-0.3, -0.25) is 14.5 Å². The molecule has 22 heavy (non-hydrogen) atoms. The highest BCUT2D eigenvalue weighted by molar-refractivity contribution is 5.94. The number of hydrogen-bond acceptors (Lipinski definition) is 3. The quantitative estimate of drug-likeness (QED) is 0.801. The van der Waals surface area contributed by atoms with E-state index in [0.717, 1.165) is 13.1 Å². The van der Waals surface area contributed by atoms with Crippen LogP contribution in [0.1, 0.15) is 43.1 Å². The van der Waals surface area contributed by atoms with Crippen LogP contribution in [0.2, 0.25) is 0 Å². The van der Waals surface area contributed by atoms with Crippen molar-refractivity contribution in [2.45, 2.75) is 39.8 Å². The Balaban J connectivity index is 2.67. The number of carbonyl (C=O) groups is 2. The molecule has 1 aromatic rings. The van der Waals surface area contributed by atoms with Gasteiger partial charge in [-0.15, -0.1) is 0 Å². The molecule has 0 heterocycles. The van der Waals surface area contributed by atoms with Crippen molar-refractivity contribution in [2.75, 3.05) is 20.1 Å². The van der Waals surface area contributed by atoms with Crippen LogP contribution in [0.5, 0.6) is 0 Å². The van der Waals surface area contributed by atoms with Crippen LogP contribution in [0.4, 0.5) is 0 Å². The molecule has 122 valence electrons. The van der Waals surface area contributed by atoms with Crippen molar-refractivity contribution < 1.29 is 14.7 Å². The smallest absolute Gasteiger partial charge is 0.305 e. The molecule has 0 radical (unpaired) electrons. The molecule has 5 heteroatoms. The standard InChI is InChI=1S/C17H26N2O3/c1-5-19(13(2)3)12-14-6-8-15(9-7-14)17(22)18(4)11-10-16(20)21/h6-9,13H,5,10-12H2,1-4H3,(H,20,21). The molecule has 1 N–H and O–H groups in total. The molecule has 0 aromatic heterocycles. The van der Waals surface area contributed by atoms with Crippen molar-refractivity contribution >= 4 is 11.9 Å². The molecule has 5 nitrogen and oxygen atoms in total. The summed E-state index contributed by atoms with van der Waals surface area (Å²) in [5.41, 5.74) is 1.75. The van der Waals surface area contributed by atoms with Gasteiger partial charge < -0.3 is 10.0 Å². The van der Waals surface area contributed by atoms with Gasteiger partial charge >= 0.3 is 5.97 Å². The van der Waals surface area contributed by atoms with Gasteiger partial charge in [-0.25, -0.2) is 0 Å². The number of hydrogen-bond donors (Lipinski definition) is 1. The Morgan fingerprint density at radius 1 is 1.18 bits per heavy atom. The third-order valence-electron chi connectivity index (χ3n) is 3.73. The molecule has 0 aliphatic rings. The number of rotatable bonds is 8. The lowest BCUT2D eigenvalue weighted by Crippen LogP contribution is -2.30. The van der Waals surface area contributed by atoms with Gasteiger partial charge in [0.2, 0.25) is 0 Å². The molecular formula is C17H26N2O3. The first-order valence-electron chi connectivity index (χ1n) is 7.65. The molecule has 0 fully saturated rings. The molecule has 0 saturated heterocycles. The van der Waals surface area contributed by atoms with E-state index in [-0.39, 0.29) is 18.9 Å². The predicted octanol–water partition coefficient (Wildman–Crippen LogP) is 2.46. The number of nitrogens with zero attached hydrogens (tertiary/aromatic N) is 2. The summed E-state index contributed by atoms with van der Waals surface area (Å²) in [6, 6.07) is 8.02. The number of carboxylic acid groups (broad SMARTS) is 1. The Bertz CT molecular complexity index is 497. The summed E-state index contributed by atoms with van der Waals surface area (Å²) in [6.45, 7) is 8.52. The van der Waals surface area contributed by atoms with Gasteiger partial charge in [0.15, 0.2) is 0 Å². The Morgan fingerprint density at radius 3 is 2.23 bits per heavy atom. The minimum Gasteiger partial charge on any atom is -0.481 e. The van der Waals surface area contributed by atoms with Crippen LogP contribution in [0, 0.1) is 0 Å². The lowest BCUT2D eigenvalue weighted by Gasteiger charge is -2.24. The maximum Gasteiger partial charge on any atom is 0.305 e. The molecule has 0 unspecified atom stereocenters. The Kier molecular flexibility index (Phi) is 7.05. The first-order chi connectivity index (χ1) is 10.3. The first-order valence-corrected chi connectivity index (χ1v) is 7.65. The zero-order valence-corrected chi connectivity index (χ0v) is 13.9. The minimum atomic E-state index is -0.900. The van der Waals surface area contributed by atoms with Gasteiger partial charge in [-0.2, -0.15) is 0 Å². The van der Waals surface area contributed by atoms with E-state index in [0.29, 0.717) is 11.6 Å². The summed E-state index contributed by atoms with van der Waals surface area (Å²) in [6.07, 6.45) is -0.0415. The summed E-state index contributed by atoms with van der Waals surface area (Å²) in [7, 11) is 1.62. The van der Waals surface area contributed by atoms with Gasteiger partial charge in [0.25, 0.3) is 5.91 Å². The largest absolute Gasteiger partial charge is 0.481 e. The van der Waals surface area contributed by atoms with Gasteiger partial charge in [-0.1, -0.05) is 19.1 Å². The van der Waals surface area contributed by atoms with Crippen LogP contribution in [0.3, 0.4) is 0 Å². The van der Waals surface area contributed by atoms with E-state index < -0.39 is 5.97 Å². The summed E-state index contributed by atoms with van der Waals surface area (Å²) < 4.78 is 0. The summed E-state index contributed by atoms with van der Waals surface area (Å²) in [5.74, 6) is -1.05. The normalized spacial score (nSPS) is 11.0. The maximum absolute atomic E-state index is 12.2. The fourth-order valence-corrected chi connectivity index (χ4v) is 2.23. The highest BCUT2D eigenvalue weighted by Gasteiger charge is 2.13. The van der Waals surface area contributed by atoms with E-state index in [1.165, 1.54) is 10.5 Å². The second kappa shape index (κ2) is 8.54. The van der Waals surface area contributed by atoms with Crippen LogP contribution in [-0.4, -0.2) is 53.0 Å². The molecule has 0 saturated carbocycles. The topological polar surface area (TPSA) is 60.9 Å². The number of benzene rings is 1. The number of carboxylic acids is 1. The van der Waals surface area contributed by atoms with Crippen LogP contribution >= 0.6 is 0 Å². The van der Waals surface area contributed by atoms with Crippen molar-refractivity contribution in [1.82, 2.24) is 9.80 Å². The highest BCUT2D eigenvalue weighted by atomic mass is 16.4. The molecule has 1 amide bonds. The van der Waals surface area contributed by atoms with Crippen molar-refractivity contribution in [3.8, 4) is 0 Å². The maximum atomic E-state index is 12.2. The van der Waals surface area contributed by atoms with E-state index in [1.54, 1.807) is 7.05 Å². The van der Waals surface area contributed by atoms with E-state index in [9.17, 15) is 9.59 Å². The van der Waals surface area contributed by atoms with Crippen LogP contribution in [0.15, 0.2) is 24.3 Å². The molecule has 1 aromatic carbocycles. The number of aliphatic carboxylic acids is 1.